The largest absolute Gasteiger partial charge is 0.480 e. The molecule has 0 radical (unpaired) electrons. The number of benzene rings is 1. The molecular formula is C15H17F3N2O4. The minimum Gasteiger partial charge on any atom is -0.480 e. The third-order valence-corrected chi connectivity index (χ3v) is 3.64. The lowest BCUT2D eigenvalue weighted by molar-refractivity contribution is -0.146. The molecule has 1 aromatic rings. The van der Waals surface area contributed by atoms with Crippen LogP contribution in [0.5, 0.6) is 0 Å². The van der Waals surface area contributed by atoms with E-state index in [4.69, 9.17) is 9.84 Å². The summed E-state index contributed by atoms with van der Waals surface area (Å²) < 4.78 is 42.4. The van der Waals surface area contributed by atoms with Crippen molar-refractivity contribution in [3.8, 4) is 0 Å². The second-order valence-electron chi connectivity index (χ2n) is 5.30. The number of carbonyl (C=O) groups is 2. The quantitative estimate of drug-likeness (QED) is 0.874. The third-order valence-electron chi connectivity index (χ3n) is 3.64. The van der Waals surface area contributed by atoms with Crippen LogP contribution in [-0.2, 0) is 20.5 Å². The normalized spacial score (nSPS) is 15.5. The number of carbonyl (C=O) groups excluding carboxylic acids is 1. The van der Waals surface area contributed by atoms with Gasteiger partial charge >= 0.3 is 12.1 Å². The fourth-order valence-electron chi connectivity index (χ4n) is 2.39. The molecule has 0 aromatic heterocycles. The maximum Gasteiger partial charge on any atom is 0.416 e. The van der Waals surface area contributed by atoms with Crippen molar-refractivity contribution in [2.24, 2.45) is 0 Å². The van der Waals surface area contributed by atoms with E-state index in [2.05, 4.69) is 0 Å². The van der Waals surface area contributed by atoms with Gasteiger partial charge in [-0.1, -0.05) is 0 Å². The summed E-state index contributed by atoms with van der Waals surface area (Å²) in [6.45, 7) is 0.933. The fourth-order valence-corrected chi connectivity index (χ4v) is 2.39. The zero-order chi connectivity index (χ0) is 17.7. The number of nitrogens with zero attached hydrogens (tertiary/aromatic N) is 2. The second kappa shape index (κ2) is 7.52. The highest BCUT2D eigenvalue weighted by atomic mass is 19.4. The van der Waals surface area contributed by atoms with Crippen LogP contribution < -0.4 is 4.90 Å². The van der Waals surface area contributed by atoms with E-state index < -0.39 is 24.3 Å². The van der Waals surface area contributed by atoms with Gasteiger partial charge in [-0.15, -0.1) is 0 Å². The Morgan fingerprint density at radius 1 is 1.04 bits per heavy atom. The van der Waals surface area contributed by atoms with Gasteiger partial charge in [0.05, 0.1) is 5.56 Å². The Kier molecular flexibility index (Phi) is 5.66. The molecule has 1 heterocycles. The SMILES string of the molecule is O=C(O)COCC(=O)N1CCN(c2ccc(C(F)(F)F)cc2)CC1. The lowest BCUT2D eigenvalue weighted by Gasteiger charge is -2.36. The number of anilines is 1. The van der Waals surface area contributed by atoms with E-state index in [9.17, 15) is 22.8 Å². The lowest BCUT2D eigenvalue weighted by Crippen LogP contribution is -2.49. The van der Waals surface area contributed by atoms with E-state index in [0.717, 1.165) is 12.1 Å². The Balaban J connectivity index is 1.84. The Morgan fingerprint density at radius 2 is 1.62 bits per heavy atom. The molecule has 24 heavy (non-hydrogen) atoms. The first kappa shape index (κ1) is 18.1. The van der Waals surface area contributed by atoms with Gasteiger partial charge in [0.1, 0.15) is 13.2 Å². The molecule has 0 atom stereocenters. The van der Waals surface area contributed by atoms with Crippen LogP contribution in [0.2, 0.25) is 0 Å². The average Bonchev–Trinajstić information content (AvgIpc) is 2.54. The van der Waals surface area contributed by atoms with Gasteiger partial charge in [0, 0.05) is 31.9 Å². The highest BCUT2D eigenvalue weighted by Crippen LogP contribution is 2.30. The molecule has 0 aliphatic carbocycles. The van der Waals surface area contributed by atoms with E-state index >= 15 is 0 Å². The summed E-state index contributed by atoms with van der Waals surface area (Å²) in [6.07, 6.45) is -4.36. The van der Waals surface area contributed by atoms with E-state index in [-0.39, 0.29) is 12.5 Å². The van der Waals surface area contributed by atoms with Crippen LogP contribution in [-0.4, -0.2) is 61.3 Å². The summed E-state index contributed by atoms with van der Waals surface area (Å²) in [4.78, 5) is 25.6. The first-order chi connectivity index (χ1) is 11.3. The Hall–Kier alpha value is -2.29. The van der Waals surface area contributed by atoms with Crippen molar-refractivity contribution < 1.29 is 32.6 Å². The first-order valence-corrected chi connectivity index (χ1v) is 7.27. The van der Waals surface area contributed by atoms with Crippen molar-refractivity contribution >= 4 is 17.6 Å². The predicted molar refractivity (Wildman–Crippen MR) is 78.7 cm³/mol. The summed E-state index contributed by atoms with van der Waals surface area (Å²) in [5.41, 5.74) is -0.0344. The van der Waals surface area contributed by atoms with Crippen LogP contribution in [0.25, 0.3) is 0 Å². The fraction of sp³-hybridized carbons (Fsp3) is 0.467. The van der Waals surface area contributed by atoms with Crippen molar-refractivity contribution in [2.75, 3.05) is 44.3 Å². The van der Waals surface area contributed by atoms with Crippen LogP contribution in [0.3, 0.4) is 0 Å². The van der Waals surface area contributed by atoms with Gasteiger partial charge in [0.15, 0.2) is 0 Å². The third kappa shape index (κ3) is 4.85. The van der Waals surface area contributed by atoms with Crippen LogP contribution in [0, 0.1) is 0 Å². The standard InChI is InChI=1S/C15H17F3N2O4/c16-15(17,18)11-1-3-12(4-2-11)19-5-7-20(8-6-19)13(21)9-24-10-14(22)23/h1-4H,5-10H2,(H,22,23). The summed E-state index contributed by atoms with van der Waals surface area (Å²) in [6, 6.07) is 4.89. The molecular weight excluding hydrogens is 329 g/mol. The highest BCUT2D eigenvalue weighted by molar-refractivity contribution is 5.78. The molecule has 2 rings (SSSR count). The van der Waals surface area contributed by atoms with E-state index in [1.165, 1.54) is 12.1 Å². The number of ether oxygens (including phenoxy) is 1. The van der Waals surface area contributed by atoms with Crippen molar-refractivity contribution in [3.63, 3.8) is 0 Å². The van der Waals surface area contributed by atoms with E-state index in [1.54, 1.807) is 4.90 Å². The Morgan fingerprint density at radius 3 is 2.12 bits per heavy atom. The molecule has 0 bridgehead atoms. The molecule has 0 unspecified atom stereocenters. The molecule has 9 heteroatoms. The average molecular weight is 346 g/mol. The van der Waals surface area contributed by atoms with Gasteiger partial charge in [0.2, 0.25) is 5.91 Å². The van der Waals surface area contributed by atoms with Crippen molar-refractivity contribution in [2.45, 2.75) is 6.18 Å². The van der Waals surface area contributed by atoms with E-state index in [1.807, 2.05) is 4.90 Å². The monoisotopic (exact) mass is 346 g/mol. The number of hydrogen-bond donors (Lipinski definition) is 1. The van der Waals surface area contributed by atoms with Crippen LogP contribution in [0.4, 0.5) is 18.9 Å². The maximum absolute atomic E-state index is 12.5. The zero-order valence-corrected chi connectivity index (χ0v) is 12.8. The molecule has 1 N–H and O–H groups in total. The van der Waals surface area contributed by atoms with Crippen molar-refractivity contribution in [1.82, 2.24) is 4.90 Å². The Bertz CT molecular complexity index is 581. The smallest absolute Gasteiger partial charge is 0.416 e. The van der Waals surface area contributed by atoms with Crippen LogP contribution in [0.15, 0.2) is 24.3 Å². The van der Waals surface area contributed by atoms with Gasteiger partial charge in [-0.2, -0.15) is 13.2 Å². The molecule has 1 saturated heterocycles. The lowest BCUT2D eigenvalue weighted by atomic mass is 10.1. The number of hydrogen-bond acceptors (Lipinski definition) is 4. The molecule has 1 fully saturated rings. The summed E-state index contributed by atoms with van der Waals surface area (Å²) >= 11 is 0. The van der Waals surface area contributed by atoms with E-state index in [0.29, 0.717) is 31.9 Å². The van der Waals surface area contributed by atoms with Gasteiger partial charge in [0.25, 0.3) is 0 Å². The van der Waals surface area contributed by atoms with Crippen LogP contribution in [0.1, 0.15) is 5.56 Å². The van der Waals surface area contributed by atoms with Gasteiger partial charge < -0.3 is 19.6 Å². The Labute approximate surface area is 136 Å². The number of rotatable bonds is 5. The molecule has 132 valence electrons. The predicted octanol–water partition coefficient (Wildman–Crippen LogP) is 1.46. The zero-order valence-electron chi connectivity index (χ0n) is 12.8. The highest BCUT2D eigenvalue weighted by Gasteiger charge is 2.30. The molecule has 0 saturated carbocycles. The minimum atomic E-state index is -4.36. The molecule has 1 aliphatic rings. The number of carboxylic acids is 1. The van der Waals surface area contributed by atoms with Gasteiger partial charge in [-0.05, 0) is 24.3 Å². The molecule has 1 amide bonds. The van der Waals surface area contributed by atoms with Crippen LogP contribution >= 0.6 is 0 Å². The topological polar surface area (TPSA) is 70.1 Å². The number of piperazine rings is 1. The number of alkyl halides is 3. The summed E-state index contributed by atoms with van der Waals surface area (Å²) in [5, 5.41) is 8.44. The summed E-state index contributed by atoms with van der Waals surface area (Å²) in [7, 11) is 0. The number of amides is 1. The molecule has 6 nitrogen and oxygen atoms in total. The second-order valence-corrected chi connectivity index (χ2v) is 5.30. The number of halogens is 3. The first-order valence-electron chi connectivity index (χ1n) is 7.27. The molecule has 0 spiro atoms. The molecule has 1 aromatic carbocycles. The van der Waals surface area contributed by atoms with Crippen molar-refractivity contribution in [1.29, 1.82) is 0 Å². The summed E-state index contributed by atoms with van der Waals surface area (Å²) in [5.74, 6) is -1.45. The number of aliphatic carboxylic acids is 1. The number of carboxylic acid groups (broad SMARTS) is 1. The molecule has 1 aliphatic heterocycles. The minimum absolute atomic E-state index is 0.299. The van der Waals surface area contributed by atoms with Gasteiger partial charge in [-0.3, -0.25) is 4.79 Å². The van der Waals surface area contributed by atoms with Crippen molar-refractivity contribution in [3.05, 3.63) is 29.8 Å². The maximum atomic E-state index is 12.5. The van der Waals surface area contributed by atoms with Gasteiger partial charge in [-0.25, -0.2) is 4.79 Å².